The smallest absolute Gasteiger partial charge is 0.123 e. The van der Waals surface area contributed by atoms with Crippen LogP contribution in [0.3, 0.4) is 0 Å². The molecule has 0 saturated heterocycles. The molecule has 0 N–H and O–H groups in total. The number of hydrogen-bond donors (Lipinski definition) is 0. The number of methoxy groups -OCH3 is 1. The monoisotopic (exact) mass is 250 g/mol. The van der Waals surface area contributed by atoms with Crippen LogP contribution in [0, 0.1) is 5.82 Å². The van der Waals surface area contributed by atoms with Crippen molar-refractivity contribution >= 4 is 11.6 Å². The fraction of sp³-hybridized carbons (Fsp3) is 0.143. The summed E-state index contributed by atoms with van der Waals surface area (Å²) < 4.78 is 17.9. The Morgan fingerprint density at radius 1 is 0.941 bits per heavy atom. The van der Waals surface area contributed by atoms with Crippen molar-refractivity contribution in [2.24, 2.45) is 0 Å². The van der Waals surface area contributed by atoms with Gasteiger partial charge >= 0.3 is 0 Å². The second kappa shape index (κ2) is 5.19. The van der Waals surface area contributed by atoms with E-state index in [0.717, 1.165) is 16.9 Å². The molecule has 1 unspecified atom stereocenters. The van der Waals surface area contributed by atoms with Gasteiger partial charge in [-0.05, 0) is 35.4 Å². The minimum atomic E-state index is -0.276. The minimum absolute atomic E-state index is 0.257. The van der Waals surface area contributed by atoms with Gasteiger partial charge in [0, 0.05) is 0 Å². The van der Waals surface area contributed by atoms with Crippen molar-refractivity contribution in [3.63, 3.8) is 0 Å². The first-order valence-corrected chi connectivity index (χ1v) is 5.68. The van der Waals surface area contributed by atoms with Gasteiger partial charge in [0.15, 0.2) is 0 Å². The highest BCUT2D eigenvalue weighted by Gasteiger charge is 2.10. The number of benzene rings is 2. The van der Waals surface area contributed by atoms with Crippen molar-refractivity contribution in [1.82, 2.24) is 0 Å². The molecule has 0 aliphatic heterocycles. The highest BCUT2D eigenvalue weighted by Crippen LogP contribution is 2.29. The summed E-state index contributed by atoms with van der Waals surface area (Å²) in [5.74, 6) is 0.532. The first kappa shape index (κ1) is 11.9. The summed E-state index contributed by atoms with van der Waals surface area (Å²) in [7, 11) is 1.62. The number of halogens is 2. The summed E-state index contributed by atoms with van der Waals surface area (Å²) in [6.45, 7) is 0. The summed E-state index contributed by atoms with van der Waals surface area (Å²) in [6, 6.07) is 13.7. The standard InChI is InChI=1S/C14H12ClFO/c1-17-13-8-4-11(5-9-13)14(15)10-2-6-12(16)7-3-10/h2-9,14H,1H3. The number of alkyl halides is 1. The molecule has 0 saturated carbocycles. The maximum absolute atomic E-state index is 12.8. The maximum Gasteiger partial charge on any atom is 0.123 e. The van der Waals surface area contributed by atoms with Crippen LogP contribution in [0.15, 0.2) is 48.5 Å². The molecule has 0 aliphatic rings. The van der Waals surface area contributed by atoms with Crippen LogP contribution in [0.1, 0.15) is 16.5 Å². The second-order valence-electron chi connectivity index (χ2n) is 3.69. The molecule has 3 heteroatoms. The highest BCUT2D eigenvalue weighted by molar-refractivity contribution is 6.22. The number of ether oxygens (including phenoxy) is 1. The molecule has 1 atom stereocenters. The molecule has 2 aromatic carbocycles. The Bertz CT molecular complexity index is 479. The van der Waals surface area contributed by atoms with Crippen LogP contribution in [-0.2, 0) is 0 Å². The molecule has 2 aromatic rings. The molecule has 0 radical (unpaired) electrons. The molecule has 1 nitrogen and oxygen atoms in total. The average Bonchev–Trinajstić information content (AvgIpc) is 2.39. The molecule has 17 heavy (non-hydrogen) atoms. The predicted octanol–water partition coefficient (Wildman–Crippen LogP) is 4.16. The van der Waals surface area contributed by atoms with Crippen molar-refractivity contribution in [3.8, 4) is 5.75 Å². The van der Waals surface area contributed by atoms with Crippen LogP contribution in [0.4, 0.5) is 4.39 Å². The summed E-state index contributed by atoms with van der Waals surface area (Å²) in [4.78, 5) is 0. The van der Waals surface area contributed by atoms with Gasteiger partial charge in [-0.15, -0.1) is 11.6 Å². The van der Waals surface area contributed by atoms with E-state index >= 15 is 0 Å². The molecule has 0 bridgehead atoms. The lowest BCUT2D eigenvalue weighted by Crippen LogP contribution is -1.93. The van der Waals surface area contributed by atoms with Gasteiger partial charge in [-0.3, -0.25) is 0 Å². The van der Waals surface area contributed by atoms with Gasteiger partial charge in [-0.25, -0.2) is 4.39 Å². The lowest BCUT2D eigenvalue weighted by molar-refractivity contribution is 0.414. The minimum Gasteiger partial charge on any atom is -0.497 e. The Hall–Kier alpha value is -1.54. The third-order valence-corrected chi connectivity index (χ3v) is 3.08. The van der Waals surface area contributed by atoms with E-state index in [-0.39, 0.29) is 11.2 Å². The van der Waals surface area contributed by atoms with Crippen LogP contribution in [0.2, 0.25) is 0 Å². The Morgan fingerprint density at radius 2 is 1.41 bits per heavy atom. The van der Waals surface area contributed by atoms with E-state index < -0.39 is 0 Å². The highest BCUT2D eigenvalue weighted by atomic mass is 35.5. The Balaban J connectivity index is 2.23. The van der Waals surface area contributed by atoms with E-state index in [4.69, 9.17) is 16.3 Å². The Morgan fingerprint density at radius 3 is 1.88 bits per heavy atom. The molecule has 0 aliphatic carbocycles. The molecule has 0 fully saturated rings. The zero-order valence-corrected chi connectivity index (χ0v) is 10.1. The van der Waals surface area contributed by atoms with Gasteiger partial charge in [0.2, 0.25) is 0 Å². The predicted molar refractivity (Wildman–Crippen MR) is 67.1 cm³/mol. The molecule has 0 amide bonds. The van der Waals surface area contributed by atoms with Gasteiger partial charge < -0.3 is 4.74 Å². The van der Waals surface area contributed by atoms with Crippen molar-refractivity contribution in [2.45, 2.75) is 5.38 Å². The SMILES string of the molecule is COc1ccc(C(Cl)c2ccc(F)cc2)cc1. The topological polar surface area (TPSA) is 9.23 Å². The zero-order valence-electron chi connectivity index (χ0n) is 9.36. The lowest BCUT2D eigenvalue weighted by Gasteiger charge is -2.10. The molecular weight excluding hydrogens is 239 g/mol. The maximum atomic E-state index is 12.8. The molecule has 2 rings (SSSR count). The average molecular weight is 251 g/mol. The fourth-order valence-electron chi connectivity index (χ4n) is 1.60. The fourth-order valence-corrected chi connectivity index (χ4v) is 1.89. The summed E-state index contributed by atoms with van der Waals surface area (Å²) in [6.07, 6.45) is 0. The van der Waals surface area contributed by atoms with E-state index in [0.29, 0.717) is 0 Å². The van der Waals surface area contributed by atoms with Crippen molar-refractivity contribution in [1.29, 1.82) is 0 Å². The van der Waals surface area contributed by atoms with Crippen LogP contribution in [0.25, 0.3) is 0 Å². The van der Waals surface area contributed by atoms with Gasteiger partial charge in [-0.1, -0.05) is 24.3 Å². The van der Waals surface area contributed by atoms with E-state index in [9.17, 15) is 4.39 Å². The first-order valence-electron chi connectivity index (χ1n) is 5.24. The van der Waals surface area contributed by atoms with Crippen LogP contribution < -0.4 is 4.74 Å². The van der Waals surface area contributed by atoms with Gasteiger partial charge in [0.25, 0.3) is 0 Å². The van der Waals surface area contributed by atoms with Gasteiger partial charge in [-0.2, -0.15) is 0 Å². The molecule has 0 heterocycles. The van der Waals surface area contributed by atoms with Gasteiger partial charge in [0.1, 0.15) is 11.6 Å². The molecule has 0 aromatic heterocycles. The van der Waals surface area contributed by atoms with Crippen LogP contribution in [0.5, 0.6) is 5.75 Å². The Labute approximate surface area is 105 Å². The largest absolute Gasteiger partial charge is 0.497 e. The number of rotatable bonds is 3. The van der Waals surface area contributed by atoms with Crippen molar-refractivity contribution < 1.29 is 9.13 Å². The third kappa shape index (κ3) is 2.77. The molecular formula is C14H12ClFO. The third-order valence-electron chi connectivity index (χ3n) is 2.57. The quantitative estimate of drug-likeness (QED) is 0.743. The van der Waals surface area contributed by atoms with E-state index in [2.05, 4.69) is 0 Å². The number of hydrogen-bond acceptors (Lipinski definition) is 1. The second-order valence-corrected chi connectivity index (χ2v) is 4.12. The summed E-state index contributed by atoms with van der Waals surface area (Å²) >= 11 is 6.32. The van der Waals surface area contributed by atoms with E-state index in [1.807, 2.05) is 24.3 Å². The molecule has 88 valence electrons. The van der Waals surface area contributed by atoms with Crippen molar-refractivity contribution in [2.75, 3.05) is 7.11 Å². The zero-order chi connectivity index (χ0) is 12.3. The lowest BCUT2D eigenvalue weighted by atomic mass is 10.0. The first-order chi connectivity index (χ1) is 8.20. The van der Waals surface area contributed by atoms with E-state index in [1.54, 1.807) is 19.2 Å². The summed E-state index contributed by atoms with van der Waals surface area (Å²) in [5.41, 5.74) is 1.83. The summed E-state index contributed by atoms with van der Waals surface area (Å²) in [5, 5.41) is -0.276. The van der Waals surface area contributed by atoms with Crippen molar-refractivity contribution in [3.05, 3.63) is 65.5 Å². The van der Waals surface area contributed by atoms with E-state index in [1.165, 1.54) is 12.1 Å². The molecule has 0 spiro atoms. The van der Waals surface area contributed by atoms with Crippen LogP contribution >= 0.6 is 11.6 Å². The van der Waals surface area contributed by atoms with Gasteiger partial charge in [0.05, 0.1) is 12.5 Å². The van der Waals surface area contributed by atoms with Crippen LogP contribution in [-0.4, -0.2) is 7.11 Å². The Kier molecular flexibility index (Phi) is 3.64. The normalized spacial score (nSPS) is 12.2.